The van der Waals surface area contributed by atoms with Crippen molar-refractivity contribution in [2.75, 3.05) is 0 Å². The summed E-state index contributed by atoms with van der Waals surface area (Å²) in [4.78, 5) is 15.3. The summed E-state index contributed by atoms with van der Waals surface area (Å²) in [6.07, 6.45) is 1.52. The van der Waals surface area contributed by atoms with Crippen molar-refractivity contribution < 1.29 is 9.90 Å². The van der Waals surface area contributed by atoms with Gasteiger partial charge in [0.05, 0.1) is 10.6 Å². The van der Waals surface area contributed by atoms with E-state index in [1.165, 1.54) is 0 Å². The highest BCUT2D eigenvalue weighted by Gasteiger charge is 2.14. The summed E-state index contributed by atoms with van der Waals surface area (Å²) in [7, 11) is 0. The first-order valence-corrected chi connectivity index (χ1v) is 7.96. The molecule has 0 bridgehead atoms. The summed E-state index contributed by atoms with van der Waals surface area (Å²) < 4.78 is 0. The van der Waals surface area contributed by atoms with Crippen LogP contribution in [0.1, 0.15) is 18.4 Å². The normalized spacial score (nSPS) is 11.1. The van der Waals surface area contributed by atoms with Gasteiger partial charge in [-0.1, -0.05) is 17.7 Å². The first kappa shape index (κ1) is 14.2. The van der Waals surface area contributed by atoms with Gasteiger partial charge in [0.1, 0.15) is 0 Å². The van der Waals surface area contributed by atoms with Crippen LogP contribution >= 0.6 is 22.9 Å². The van der Waals surface area contributed by atoms with Crippen LogP contribution < -0.4 is 0 Å². The first-order chi connectivity index (χ1) is 10.1. The van der Waals surface area contributed by atoms with Crippen molar-refractivity contribution in [1.29, 1.82) is 0 Å². The molecule has 21 heavy (non-hydrogen) atoms. The van der Waals surface area contributed by atoms with E-state index in [1.807, 2.05) is 29.6 Å². The summed E-state index contributed by atoms with van der Waals surface area (Å²) in [5.41, 5.74) is 3.26. The number of carboxylic acids is 1. The number of thiophene rings is 1. The predicted octanol–water partition coefficient (Wildman–Crippen LogP) is 4.96. The third-order valence-electron chi connectivity index (χ3n) is 3.45. The second kappa shape index (κ2) is 5.92. The highest BCUT2D eigenvalue weighted by molar-refractivity contribution is 7.13. The fourth-order valence-electron chi connectivity index (χ4n) is 2.53. The molecule has 0 aliphatic rings. The maximum absolute atomic E-state index is 10.7. The number of hydrogen-bond acceptors (Lipinski definition) is 2. The van der Waals surface area contributed by atoms with Gasteiger partial charge in [0.25, 0.3) is 0 Å². The van der Waals surface area contributed by atoms with E-state index in [4.69, 9.17) is 16.7 Å². The average molecular weight is 320 g/mol. The Kier molecular flexibility index (Phi) is 3.99. The van der Waals surface area contributed by atoms with Crippen LogP contribution in [0, 0.1) is 0 Å². The van der Waals surface area contributed by atoms with Gasteiger partial charge in [-0.05, 0) is 48.1 Å². The highest BCUT2D eigenvalue weighted by Crippen LogP contribution is 2.35. The average Bonchev–Trinajstić information content (AvgIpc) is 3.06. The SMILES string of the molecule is O=C(O)CCCc1c(-c2cccs2)[nH]c2ccc(Cl)cc12. The number of nitrogens with one attached hydrogen (secondary N) is 1. The fraction of sp³-hybridized carbons (Fsp3) is 0.188. The zero-order chi connectivity index (χ0) is 14.8. The Morgan fingerprint density at radius 2 is 2.19 bits per heavy atom. The number of fused-ring (bicyclic) bond motifs is 1. The number of rotatable bonds is 5. The Hall–Kier alpha value is -1.78. The number of carboxylic acid groups (broad SMARTS) is 1. The number of benzene rings is 1. The van der Waals surface area contributed by atoms with Crippen LogP contribution in [0.5, 0.6) is 0 Å². The van der Waals surface area contributed by atoms with E-state index in [0.717, 1.165) is 33.5 Å². The van der Waals surface area contributed by atoms with Gasteiger partial charge >= 0.3 is 5.97 Å². The molecule has 0 unspecified atom stereocenters. The number of H-pyrrole nitrogens is 1. The number of hydrogen-bond donors (Lipinski definition) is 2. The van der Waals surface area contributed by atoms with Crippen LogP contribution in [0.25, 0.3) is 21.5 Å². The standard InChI is InChI=1S/C16H14ClNO2S/c17-10-6-7-13-12(9-10)11(3-1-5-15(19)20)16(18-13)14-4-2-8-21-14/h2,4,6-9,18H,1,3,5H2,(H,19,20). The summed E-state index contributed by atoms with van der Waals surface area (Å²) >= 11 is 7.77. The minimum atomic E-state index is -0.759. The van der Waals surface area contributed by atoms with Crippen LogP contribution in [0.4, 0.5) is 0 Å². The van der Waals surface area contributed by atoms with Crippen molar-refractivity contribution in [3.05, 3.63) is 46.3 Å². The van der Waals surface area contributed by atoms with Gasteiger partial charge in [0.2, 0.25) is 0 Å². The van der Waals surface area contributed by atoms with E-state index < -0.39 is 5.97 Å². The molecule has 2 aromatic heterocycles. The maximum atomic E-state index is 10.7. The second-order valence-electron chi connectivity index (χ2n) is 4.89. The molecule has 0 amide bonds. The van der Waals surface area contributed by atoms with Crippen molar-refractivity contribution >= 4 is 39.8 Å². The van der Waals surface area contributed by atoms with Crippen LogP contribution in [0.2, 0.25) is 5.02 Å². The molecule has 108 valence electrons. The summed E-state index contributed by atoms with van der Waals surface area (Å²) in [5.74, 6) is -0.759. The molecule has 0 spiro atoms. The third kappa shape index (κ3) is 2.96. The van der Waals surface area contributed by atoms with E-state index >= 15 is 0 Å². The molecule has 3 nitrogen and oxygen atoms in total. The van der Waals surface area contributed by atoms with Crippen molar-refractivity contribution in [1.82, 2.24) is 4.98 Å². The smallest absolute Gasteiger partial charge is 0.303 e. The summed E-state index contributed by atoms with van der Waals surface area (Å²) in [5, 5.41) is 12.6. The predicted molar refractivity (Wildman–Crippen MR) is 87.2 cm³/mol. The van der Waals surface area contributed by atoms with Crippen LogP contribution in [0.3, 0.4) is 0 Å². The molecule has 2 heterocycles. The Morgan fingerprint density at radius 3 is 2.90 bits per heavy atom. The molecule has 5 heteroatoms. The Labute approximate surface area is 131 Å². The van der Waals surface area contributed by atoms with Crippen molar-refractivity contribution in [3.63, 3.8) is 0 Å². The van der Waals surface area contributed by atoms with Gasteiger partial charge in [0, 0.05) is 22.3 Å². The van der Waals surface area contributed by atoms with Crippen molar-refractivity contribution in [2.45, 2.75) is 19.3 Å². The van der Waals surface area contributed by atoms with Crippen LogP contribution in [0.15, 0.2) is 35.7 Å². The minimum Gasteiger partial charge on any atom is -0.481 e. The van der Waals surface area contributed by atoms with Crippen molar-refractivity contribution in [2.24, 2.45) is 0 Å². The number of aromatic nitrogens is 1. The topological polar surface area (TPSA) is 53.1 Å². The molecule has 3 rings (SSSR count). The number of aromatic amines is 1. The van der Waals surface area contributed by atoms with Gasteiger partial charge in [-0.25, -0.2) is 0 Å². The molecule has 3 aromatic rings. The largest absolute Gasteiger partial charge is 0.481 e. The van der Waals surface area contributed by atoms with Gasteiger partial charge in [-0.15, -0.1) is 11.3 Å². The molecular weight excluding hydrogens is 306 g/mol. The number of carbonyl (C=O) groups is 1. The molecule has 1 aromatic carbocycles. The summed E-state index contributed by atoms with van der Waals surface area (Å²) in [6, 6.07) is 9.85. The van der Waals surface area contributed by atoms with E-state index in [-0.39, 0.29) is 6.42 Å². The molecule has 0 saturated heterocycles. The minimum absolute atomic E-state index is 0.178. The van der Waals surface area contributed by atoms with Gasteiger partial charge in [-0.3, -0.25) is 4.79 Å². The fourth-order valence-corrected chi connectivity index (χ4v) is 3.45. The van der Waals surface area contributed by atoms with E-state index in [1.54, 1.807) is 11.3 Å². The number of aliphatic carboxylic acids is 1. The molecule has 2 N–H and O–H groups in total. The summed E-state index contributed by atoms with van der Waals surface area (Å²) in [6.45, 7) is 0. The molecule has 0 atom stereocenters. The lowest BCUT2D eigenvalue weighted by Gasteiger charge is -2.02. The van der Waals surface area contributed by atoms with Gasteiger partial charge in [-0.2, -0.15) is 0 Å². The van der Waals surface area contributed by atoms with Crippen LogP contribution in [-0.4, -0.2) is 16.1 Å². The van der Waals surface area contributed by atoms with E-state index in [2.05, 4.69) is 11.1 Å². The first-order valence-electron chi connectivity index (χ1n) is 6.71. The molecule has 0 radical (unpaired) electrons. The van der Waals surface area contributed by atoms with E-state index in [0.29, 0.717) is 11.4 Å². The molecule has 0 saturated carbocycles. The Bertz CT molecular complexity index is 777. The Balaban J connectivity index is 2.06. The lowest BCUT2D eigenvalue weighted by molar-refractivity contribution is -0.137. The number of aryl methyl sites for hydroxylation is 1. The maximum Gasteiger partial charge on any atom is 0.303 e. The molecule has 0 aliphatic heterocycles. The number of halogens is 1. The van der Waals surface area contributed by atoms with Crippen LogP contribution in [-0.2, 0) is 11.2 Å². The molecule has 0 fully saturated rings. The lowest BCUT2D eigenvalue weighted by Crippen LogP contribution is -1.96. The third-order valence-corrected chi connectivity index (χ3v) is 4.58. The lowest BCUT2D eigenvalue weighted by atomic mass is 10.0. The molecular formula is C16H14ClNO2S. The van der Waals surface area contributed by atoms with Gasteiger partial charge < -0.3 is 10.1 Å². The molecule has 0 aliphatic carbocycles. The highest BCUT2D eigenvalue weighted by atomic mass is 35.5. The zero-order valence-corrected chi connectivity index (χ0v) is 12.8. The zero-order valence-electron chi connectivity index (χ0n) is 11.2. The van der Waals surface area contributed by atoms with Gasteiger partial charge in [0.15, 0.2) is 0 Å². The quantitative estimate of drug-likeness (QED) is 0.698. The van der Waals surface area contributed by atoms with E-state index in [9.17, 15) is 4.79 Å². The Morgan fingerprint density at radius 1 is 1.33 bits per heavy atom. The second-order valence-corrected chi connectivity index (χ2v) is 6.28. The van der Waals surface area contributed by atoms with Crippen molar-refractivity contribution in [3.8, 4) is 10.6 Å². The monoisotopic (exact) mass is 319 g/mol.